The summed E-state index contributed by atoms with van der Waals surface area (Å²) in [5.74, 6) is 1.98. The summed E-state index contributed by atoms with van der Waals surface area (Å²) in [6.45, 7) is 3.50. The molecule has 0 atom stereocenters. The van der Waals surface area contributed by atoms with E-state index in [1.807, 2.05) is 0 Å². The molecule has 3 N–H and O–H groups in total. The Labute approximate surface area is 113 Å². The summed E-state index contributed by atoms with van der Waals surface area (Å²) in [6, 6.07) is 6.34. The summed E-state index contributed by atoms with van der Waals surface area (Å²) in [5.41, 5.74) is 10.1. The van der Waals surface area contributed by atoms with E-state index in [0.717, 1.165) is 54.4 Å². The quantitative estimate of drug-likeness (QED) is 0.886. The van der Waals surface area contributed by atoms with Crippen molar-refractivity contribution in [3.05, 3.63) is 35.3 Å². The van der Waals surface area contributed by atoms with Gasteiger partial charge in [-0.1, -0.05) is 0 Å². The molecule has 3 rings (SSSR count). The Balaban J connectivity index is 1.97. The van der Waals surface area contributed by atoms with Gasteiger partial charge in [-0.2, -0.15) is 0 Å². The minimum atomic E-state index is 0.615. The predicted octanol–water partition coefficient (Wildman–Crippen LogP) is 2.21. The molecule has 1 aromatic heterocycles. The summed E-state index contributed by atoms with van der Waals surface area (Å²) in [5, 5.41) is 0. The van der Waals surface area contributed by atoms with Crippen molar-refractivity contribution in [3.63, 3.8) is 0 Å². The minimum Gasteiger partial charge on any atom is -0.493 e. The zero-order valence-electron chi connectivity index (χ0n) is 11.2. The third kappa shape index (κ3) is 2.36. The van der Waals surface area contributed by atoms with Crippen LogP contribution in [0.4, 0.5) is 0 Å². The van der Waals surface area contributed by atoms with Crippen molar-refractivity contribution in [2.45, 2.75) is 26.2 Å². The fraction of sp³-hybridized carbons (Fsp3) is 0.400. The molecule has 0 spiro atoms. The Morgan fingerprint density at radius 3 is 3.16 bits per heavy atom. The topological polar surface area (TPSA) is 63.9 Å². The highest BCUT2D eigenvalue weighted by Crippen LogP contribution is 2.30. The van der Waals surface area contributed by atoms with Crippen LogP contribution < -0.4 is 10.5 Å². The molecule has 0 aliphatic carbocycles. The Hall–Kier alpha value is -1.81. The lowest BCUT2D eigenvalue weighted by Crippen LogP contribution is -2.08. The largest absolute Gasteiger partial charge is 0.493 e. The molecule has 19 heavy (non-hydrogen) atoms. The number of fused-ring (bicyclic) bond motifs is 1. The molecule has 100 valence electrons. The number of aromatic nitrogens is 2. The molecule has 4 nitrogen and oxygen atoms in total. The molecule has 1 aromatic carbocycles. The van der Waals surface area contributed by atoms with E-state index in [0.29, 0.717) is 6.54 Å². The van der Waals surface area contributed by atoms with Crippen molar-refractivity contribution in [2.24, 2.45) is 5.73 Å². The zero-order chi connectivity index (χ0) is 13.2. The lowest BCUT2D eigenvalue weighted by molar-refractivity contribution is 0.288. The summed E-state index contributed by atoms with van der Waals surface area (Å²) < 4.78 is 5.64. The Bertz CT molecular complexity index is 589. The maximum Gasteiger partial charge on any atom is 0.122 e. The second-order valence-electron chi connectivity index (χ2n) is 4.97. The van der Waals surface area contributed by atoms with E-state index >= 15 is 0 Å². The molecule has 0 amide bonds. The van der Waals surface area contributed by atoms with Crippen LogP contribution in [0.25, 0.3) is 11.3 Å². The molecule has 1 aliphatic heterocycles. The van der Waals surface area contributed by atoms with E-state index in [2.05, 4.69) is 35.1 Å². The summed E-state index contributed by atoms with van der Waals surface area (Å²) in [7, 11) is 0. The molecule has 2 aromatic rings. The monoisotopic (exact) mass is 257 g/mol. The molecular formula is C15H19N3O. The fourth-order valence-electron chi connectivity index (χ4n) is 2.57. The standard InChI is InChI=1S/C15H19N3O/c1-10-15(18-14(17-10)6-7-16)12-4-5-13-11(9-12)3-2-8-19-13/h4-5,9H,2-3,6-8,16H2,1H3,(H,17,18). The normalized spacial score (nSPS) is 14.0. The molecular weight excluding hydrogens is 238 g/mol. The SMILES string of the molecule is Cc1[nH]c(CCN)nc1-c1ccc2c(c1)CCCO2. The van der Waals surface area contributed by atoms with Crippen molar-refractivity contribution in [1.82, 2.24) is 9.97 Å². The number of imidazole rings is 1. The third-order valence-electron chi connectivity index (χ3n) is 3.50. The number of hydrogen-bond acceptors (Lipinski definition) is 3. The molecule has 0 fully saturated rings. The van der Waals surface area contributed by atoms with Gasteiger partial charge in [0.2, 0.25) is 0 Å². The van der Waals surface area contributed by atoms with Crippen molar-refractivity contribution < 1.29 is 4.74 Å². The number of ether oxygens (including phenoxy) is 1. The van der Waals surface area contributed by atoms with Crippen LogP contribution in [0, 0.1) is 6.92 Å². The van der Waals surface area contributed by atoms with E-state index in [4.69, 9.17) is 10.5 Å². The Morgan fingerprint density at radius 2 is 2.32 bits per heavy atom. The smallest absolute Gasteiger partial charge is 0.122 e. The van der Waals surface area contributed by atoms with Gasteiger partial charge < -0.3 is 15.5 Å². The van der Waals surface area contributed by atoms with Crippen LogP contribution in [0.1, 0.15) is 23.5 Å². The first-order chi connectivity index (χ1) is 9.28. The van der Waals surface area contributed by atoms with Crippen LogP contribution in [0.2, 0.25) is 0 Å². The molecule has 0 saturated carbocycles. The number of nitrogens with two attached hydrogens (primary N) is 1. The van der Waals surface area contributed by atoms with Gasteiger partial charge in [-0.15, -0.1) is 0 Å². The lowest BCUT2D eigenvalue weighted by Gasteiger charge is -2.17. The third-order valence-corrected chi connectivity index (χ3v) is 3.50. The number of aromatic amines is 1. The molecule has 0 bridgehead atoms. The van der Waals surface area contributed by atoms with Gasteiger partial charge in [-0.05, 0) is 50.1 Å². The number of hydrogen-bond donors (Lipinski definition) is 2. The van der Waals surface area contributed by atoms with Crippen LogP contribution >= 0.6 is 0 Å². The van der Waals surface area contributed by atoms with Gasteiger partial charge in [0.05, 0.1) is 12.3 Å². The van der Waals surface area contributed by atoms with Crippen LogP contribution in [-0.4, -0.2) is 23.1 Å². The number of aryl methyl sites for hydroxylation is 2. The van der Waals surface area contributed by atoms with Gasteiger partial charge >= 0.3 is 0 Å². The first kappa shape index (κ1) is 12.2. The van der Waals surface area contributed by atoms with E-state index in [-0.39, 0.29) is 0 Å². The van der Waals surface area contributed by atoms with Crippen molar-refractivity contribution in [2.75, 3.05) is 13.2 Å². The van der Waals surface area contributed by atoms with Crippen molar-refractivity contribution in [1.29, 1.82) is 0 Å². The fourth-order valence-corrected chi connectivity index (χ4v) is 2.57. The summed E-state index contributed by atoms with van der Waals surface area (Å²) in [4.78, 5) is 7.94. The highest BCUT2D eigenvalue weighted by Gasteiger charge is 2.14. The van der Waals surface area contributed by atoms with Crippen LogP contribution in [0.15, 0.2) is 18.2 Å². The van der Waals surface area contributed by atoms with Crippen LogP contribution in [0.5, 0.6) is 5.75 Å². The first-order valence-electron chi connectivity index (χ1n) is 6.79. The first-order valence-corrected chi connectivity index (χ1v) is 6.79. The molecule has 2 heterocycles. The Kier molecular flexibility index (Phi) is 3.25. The summed E-state index contributed by atoms with van der Waals surface area (Å²) in [6.07, 6.45) is 2.96. The van der Waals surface area contributed by atoms with E-state index in [9.17, 15) is 0 Å². The lowest BCUT2D eigenvalue weighted by atomic mass is 10.0. The average molecular weight is 257 g/mol. The van der Waals surface area contributed by atoms with Gasteiger partial charge in [0.25, 0.3) is 0 Å². The molecule has 0 radical (unpaired) electrons. The highest BCUT2D eigenvalue weighted by atomic mass is 16.5. The second kappa shape index (κ2) is 5.05. The van der Waals surface area contributed by atoms with Gasteiger partial charge in [0.1, 0.15) is 11.6 Å². The van der Waals surface area contributed by atoms with Gasteiger partial charge in [0, 0.05) is 17.7 Å². The number of nitrogens with zero attached hydrogens (tertiary/aromatic N) is 1. The van der Waals surface area contributed by atoms with Crippen molar-refractivity contribution >= 4 is 0 Å². The number of benzene rings is 1. The average Bonchev–Trinajstić information content (AvgIpc) is 2.79. The summed E-state index contributed by atoms with van der Waals surface area (Å²) >= 11 is 0. The van der Waals surface area contributed by atoms with E-state index in [1.165, 1.54) is 5.56 Å². The molecule has 4 heteroatoms. The zero-order valence-corrected chi connectivity index (χ0v) is 11.2. The van der Waals surface area contributed by atoms with Crippen molar-refractivity contribution in [3.8, 4) is 17.0 Å². The Morgan fingerprint density at radius 1 is 1.42 bits per heavy atom. The highest BCUT2D eigenvalue weighted by molar-refractivity contribution is 5.64. The minimum absolute atomic E-state index is 0.615. The van der Waals surface area contributed by atoms with E-state index < -0.39 is 0 Å². The van der Waals surface area contributed by atoms with Gasteiger partial charge in [0.15, 0.2) is 0 Å². The van der Waals surface area contributed by atoms with Crippen LogP contribution in [-0.2, 0) is 12.8 Å². The van der Waals surface area contributed by atoms with Gasteiger partial charge in [-0.25, -0.2) is 4.98 Å². The van der Waals surface area contributed by atoms with Crippen LogP contribution in [0.3, 0.4) is 0 Å². The molecule has 0 saturated heterocycles. The number of H-pyrrole nitrogens is 1. The van der Waals surface area contributed by atoms with E-state index in [1.54, 1.807) is 0 Å². The predicted molar refractivity (Wildman–Crippen MR) is 75.3 cm³/mol. The second-order valence-corrected chi connectivity index (χ2v) is 4.97. The number of nitrogens with one attached hydrogen (secondary N) is 1. The maximum absolute atomic E-state index is 5.64. The number of rotatable bonds is 3. The molecule has 1 aliphatic rings. The molecule has 0 unspecified atom stereocenters. The van der Waals surface area contributed by atoms with Gasteiger partial charge in [-0.3, -0.25) is 0 Å². The maximum atomic E-state index is 5.64.